The van der Waals surface area contributed by atoms with Crippen molar-refractivity contribution in [3.05, 3.63) is 53.7 Å². The minimum Gasteiger partial charge on any atom is -0.368 e. The Labute approximate surface area is 163 Å². The number of nitrogens with zero attached hydrogens (tertiary/aromatic N) is 6. The van der Waals surface area contributed by atoms with Gasteiger partial charge in [0.1, 0.15) is 5.82 Å². The van der Waals surface area contributed by atoms with Crippen LogP contribution in [-0.4, -0.2) is 29.7 Å². The molecule has 0 unspecified atom stereocenters. The number of thioether (sulfide) groups is 1. The molecule has 1 aromatic carbocycles. The van der Waals surface area contributed by atoms with E-state index in [2.05, 4.69) is 30.5 Å². The van der Waals surface area contributed by atoms with Crippen LogP contribution in [-0.2, 0) is 12.8 Å². The Morgan fingerprint density at radius 2 is 1.93 bits per heavy atom. The Morgan fingerprint density at radius 3 is 2.70 bits per heavy atom. The molecule has 0 bridgehead atoms. The third-order valence-electron chi connectivity index (χ3n) is 3.64. The fraction of sp³-hybridized carbons (Fsp3) is 0.118. The maximum absolute atomic E-state index is 5.84. The van der Waals surface area contributed by atoms with Gasteiger partial charge in [-0.2, -0.15) is 15.0 Å². The lowest BCUT2D eigenvalue weighted by Gasteiger charge is -2.07. The molecule has 0 atom stereocenters. The van der Waals surface area contributed by atoms with Gasteiger partial charge in [-0.05, 0) is 23.6 Å². The highest BCUT2D eigenvalue weighted by molar-refractivity contribution is 7.98. The van der Waals surface area contributed by atoms with Crippen LogP contribution in [0.15, 0.2) is 53.0 Å². The summed E-state index contributed by atoms with van der Waals surface area (Å²) in [6, 6.07) is 13.7. The van der Waals surface area contributed by atoms with E-state index in [1.807, 2.05) is 59.5 Å². The summed E-state index contributed by atoms with van der Waals surface area (Å²) >= 11 is 3.13. The predicted molar refractivity (Wildman–Crippen MR) is 108 cm³/mol. The Bertz CT molecular complexity index is 1030. The van der Waals surface area contributed by atoms with Crippen molar-refractivity contribution in [2.75, 3.05) is 11.1 Å². The van der Waals surface area contributed by atoms with Crippen LogP contribution >= 0.6 is 23.1 Å². The first-order valence-electron chi connectivity index (χ1n) is 8.07. The highest BCUT2D eigenvalue weighted by atomic mass is 32.2. The van der Waals surface area contributed by atoms with E-state index < -0.39 is 0 Å². The number of anilines is 3. The first-order valence-corrected chi connectivity index (χ1v) is 9.94. The van der Waals surface area contributed by atoms with Crippen molar-refractivity contribution in [3.63, 3.8) is 0 Å². The summed E-state index contributed by atoms with van der Waals surface area (Å²) in [6.45, 7) is 0. The molecule has 27 heavy (non-hydrogen) atoms. The standard InChI is InChI=1S/C17H16N8S2/c1-25-14(12-8-5-9-26-12)23-24-17(25)27-10-13-20-15(18)22-16(21-13)19-11-6-3-2-4-7-11/h2-9H,10H2,1H3,(H3,18,19,20,21,22). The van der Waals surface area contributed by atoms with Crippen LogP contribution in [0.1, 0.15) is 5.82 Å². The molecule has 8 nitrogen and oxygen atoms in total. The molecular weight excluding hydrogens is 380 g/mol. The first-order chi connectivity index (χ1) is 13.2. The fourth-order valence-electron chi connectivity index (χ4n) is 2.40. The second-order valence-corrected chi connectivity index (χ2v) is 7.45. The smallest absolute Gasteiger partial charge is 0.232 e. The molecule has 0 spiro atoms. The van der Waals surface area contributed by atoms with Crippen LogP contribution in [0.3, 0.4) is 0 Å². The molecule has 0 aliphatic rings. The van der Waals surface area contributed by atoms with Gasteiger partial charge in [-0.1, -0.05) is 36.0 Å². The first kappa shape index (κ1) is 17.4. The van der Waals surface area contributed by atoms with Gasteiger partial charge in [-0.3, -0.25) is 0 Å². The number of para-hydroxylation sites is 1. The van der Waals surface area contributed by atoms with Gasteiger partial charge < -0.3 is 15.6 Å². The van der Waals surface area contributed by atoms with Crippen molar-refractivity contribution in [2.24, 2.45) is 7.05 Å². The molecule has 3 heterocycles. The van der Waals surface area contributed by atoms with Crippen LogP contribution in [0.25, 0.3) is 10.7 Å². The van der Waals surface area contributed by atoms with Crippen molar-refractivity contribution >= 4 is 40.7 Å². The minimum atomic E-state index is 0.177. The number of aromatic nitrogens is 6. The SMILES string of the molecule is Cn1c(SCc2nc(N)nc(Nc3ccccc3)n2)nnc1-c1cccs1. The summed E-state index contributed by atoms with van der Waals surface area (Å²) < 4.78 is 1.96. The molecule has 0 amide bonds. The normalized spacial score (nSPS) is 10.9. The van der Waals surface area contributed by atoms with Crippen LogP contribution in [0.4, 0.5) is 17.6 Å². The topological polar surface area (TPSA) is 107 Å². The Balaban J connectivity index is 1.49. The average molecular weight is 397 g/mol. The zero-order valence-electron chi connectivity index (χ0n) is 14.4. The minimum absolute atomic E-state index is 0.177. The van der Waals surface area contributed by atoms with E-state index in [4.69, 9.17) is 5.73 Å². The summed E-state index contributed by atoms with van der Waals surface area (Å²) in [6.07, 6.45) is 0. The molecule has 3 aromatic heterocycles. The lowest BCUT2D eigenvalue weighted by Crippen LogP contribution is -2.06. The zero-order valence-corrected chi connectivity index (χ0v) is 16.0. The van der Waals surface area contributed by atoms with E-state index in [0.717, 1.165) is 21.5 Å². The number of nitrogens with two attached hydrogens (primary N) is 1. The predicted octanol–water partition coefficient (Wildman–Crippen LogP) is 3.35. The van der Waals surface area contributed by atoms with Gasteiger partial charge in [-0.25, -0.2) is 0 Å². The Kier molecular flexibility index (Phi) is 4.99. The van der Waals surface area contributed by atoms with Gasteiger partial charge in [0.2, 0.25) is 11.9 Å². The highest BCUT2D eigenvalue weighted by Crippen LogP contribution is 2.27. The van der Waals surface area contributed by atoms with Crippen LogP contribution in [0.2, 0.25) is 0 Å². The molecule has 0 aliphatic heterocycles. The molecule has 0 saturated carbocycles. The largest absolute Gasteiger partial charge is 0.368 e. The third kappa shape index (κ3) is 4.07. The number of thiophene rings is 1. The quantitative estimate of drug-likeness (QED) is 0.478. The van der Waals surface area contributed by atoms with Crippen molar-refractivity contribution in [1.82, 2.24) is 29.7 Å². The molecule has 3 N–H and O–H groups in total. The number of rotatable bonds is 6. The van der Waals surface area contributed by atoms with Gasteiger partial charge in [0.25, 0.3) is 0 Å². The van der Waals surface area contributed by atoms with E-state index in [-0.39, 0.29) is 5.95 Å². The van der Waals surface area contributed by atoms with Crippen LogP contribution in [0.5, 0.6) is 0 Å². The number of hydrogen-bond donors (Lipinski definition) is 2. The maximum Gasteiger partial charge on any atom is 0.232 e. The van der Waals surface area contributed by atoms with Gasteiger partial charge in [0, 0.05) is 12.7 Å². The van der Waals surface area contributed by atoms with Crippen LogP contribution < -0.4 is 11.1 Å². The molecule has 0 aliphatic carbocycles. The third-order valence-corrected chi connectivity index (χ3v) is 5.52. The van der Waals surface area contributed by atoms with Gasteiger partial charge in [-0.15, -0.1) is 21.5 Å². The molecule has 0 radical (unpaired) electrons. The number of nitrogens with one attached hydrogen (secondary N) is 1. The second kappa shape index (κ2) is 7.72. The molecule has 0 saturated heterocycles. The molecule has 0 fully saturated rings. The molecule has 136 valence electrons. The summed E-state index contributed by atoms with van der Waals surface area (Å²) in [7, 11) is 1.95. The number of nitrogen functional groups attached to an aromatic ring is 1. The van der Waals surface area contributed by atoms with Crippen molar-refractivity contribution in [1.29, 1.82) is 0 Å². The lowest BCUT2D eigenvalue weighted by atomic mass is 10.3. The van der Waals surface area contributed by atoms with E-state index in [1.54, 1.807) is 11.3 Å². The number of hydrogen-bond acceptors (Lipinski definition) is 9. The van der Waals surface area contributed by atoms with Gasteiger partial charge >= 0.3 is 0 Å². The summed E-state index contributed by atoms with van der Waals surface area (Å²) in [5.41, 5.74) is 6.72. The maximum atomic E-state index is 5.84. The average Bonchev–Trinajstić information content (AvgIpc) is 3.30. The lowest BCUT2D eigenvalue weighted by molar-refractivity contribution is 0.793. The highest BCUT2D eigenvalue weighted by Gasteiger charge is 2.13. The monoisotopic (exact) mass is 396 g/mol. The van der Waals surface area contributed by atoms with Crippen molar-refractivity contribution < 1.29 is 0 Å². The van der Waals surface area contributed by atoms with Crippen molar-refractivity contribution in [2.45, 2.75) is 10.9 Å². The van der Waals surface area contributed by atoms with Gasteiger partial charge in [0.05, 0.1) is 10.6 Å². The molecule has 4 aromatic rings. The van der Waals surface area contributed by atoms with Crippen molar-refractivity contribution in [3.8, 4) is 10.7 Å². The molecule has 4 rings (SSSR count). The van der Waals surface area contributed by atoms with E-state index >= 15 is 0 Å². The van der Waals surface area contributed by atoms with Crippen LogP contribution in [0, 0.1) is 0 Å². The molecule has 10 heteroatoms. The van der Waals surface area contributed by atoms with E-state index in [9.17, 15) is 0 Å². The Hall–Kier alpha value is -2.98. The van der Waals surface area contributed by atoms with E-state index in [1.165, 1.54) is 11.8 Å². The summed E-state index contributed by atoms with van der Waals surface area (Å²) in [5.74, 6) is 2.52. The van der Waals surface area contributed by atoms with E-state index in [0.29, 0.717) is 17.5 Å². The summed E-state index contributed by atoms with van der Waals surface area (Å²) in [4.78, 5) is 13.9. The summed E-state index contributed by atoms with van der Waals surface area (Å²) in [5, 5.41) is 14.5. The molecular formula is C17H16N8S2. The van der Waals surface area contributed by atoms with Gasteiger partial charge in [0.15, 0.2) is 11.0 Å². The Morgan fingerprint density at radius 1 is 1.07 bits per heavy atom. The number of benzene rings is 1. The second-order valence-electron chi connectivity index (χ2n) is 5.56. The fourth-order valence-corrected chi connectivity index (χ4v) is 3.91. The zero-order chi connectivity index (χ0) is 18.6.